The average molecular weight is 296 g/mol. The Kier molecular flexibility index (Phi) is 3.70. The molecule has 5 heteroatoms. The van der Waals surface area contributed by atoms with Crippen molar-refractivity contribution in [2.75, 3.05) is 7.11 Å². The lowest BCUT2D eigenvalue weighted by Crippen LogP contribution is -2.25. The molecule has 0 saturated carbocycles. The molecular formula is C17H13FN2O2. The molecule has 22 heavy (non-hydrogen) atoms. The highest BCUT2D eigenvalue weighted by Gasteiger charge is 2.23. The number of carbonyl (C=O) groups excluding carboxylic acids is 1. The van der Waals surface area contributed by atoms with Crippen molar-refractivity contribution in [3.8, 4) is 5.75 Å². The first-order valence-corrected chi connectivity index (χ1v) is 6.68. The summed E-state index contributed by atoms with van der Waals surface area (Å²) in [7, 11) is 1.56. The number of ether oxygens (including phenoxy) is 1. The Morgan fingerprint density at radius 3 is 2.77 bits per heavy atom. The summed E-state index contributed by atoms with van der Waals surface area (Å²) < 4.78 is 18.5. The van der Waals surface area contributed by atoms with E-state index < -0.39 is 0 Å². The average Bonchev–Trinajstić information content (AvgIpc) is 2.88. The van der Waals surface area contributed by atoms with Gasteiger partial charge in [0.1, 0.15) is 23.1 Å². The third-order valence-electron chi connectivity index (χ3n) is 3.21. The lowest BCUT2D eigenvalue weighted by Gasteiger charge is -2.06. The Bertz CT molecular complexity index is 797. The highest BCUT2D eigenvalue weighted by Crippen LogP contribution is 2.22. The summed E-state index contributed by atoms with van der Waals surface area (Å²) in [4.78, 5) is 16.3. The molecule has 0 atom stereocenters. The molecule has 1 amide bonds. The van der Waals surface area contributed by atoms with E-state index in [4.69, 9.17) is 4.74 Å². The molecular weight excluding hydrogens is 283 g/mol. The number of rotatable bonds is 3. The fourth-order valence-corrected chi connectivity index (χ4v) is 2.19. The van der Waals surface area contributed by atoms with Gasteiger partial charge in [0.25, 0.3) is 5.91 Å². The highest BCUT2D eigenvalue weighted by atomic mass is 19.1. The van der Waals surface area contributed by atoms with Crippen LogP contribution in [0, 0.1) is 5.82 Å². The minimum absolute atomic E-state index is 0.228. The second kappa shape index (κ2) is 5.81. The molecule has 0 aliphatic carbocycles. The van der Waals surface area contributed by atoms with Crippen molar-refractivity contribution in [1.29, 1.82) is 0 Å². The zero-order valence-electron chi connectivity index (χ0n) is 11.8. The Balaban J connectivity index is 1.98. The summed E-state index contributed by atoms with van der Waals surface area (Å²) in [5.41, 5.74) is 1.50. The van der Waals surface area contributed by atoms with E-state index >= 15 is 0 Å². The Labute approximate surface area is 127 Å². The van der Waals surface area contributed by atoms with Gasteiger partial charge in [-0.25, -0.2) is 9.38 Å². The number of carbonyl (C=O) groups is 1. The number of methoxy groups -OCH3 is 1. The first-order valence-electron chi connectivity index (χ1n) is 6.68. The van der Waals surface area contributed by atoms with Crippen molar-refractivity contribution in [2.45, 2.75) is 0 Å². The van der Waals surface area contributed by atoms with Crippen molar-refractivity contribution in [3.63, 3.8) is 0 Å². The van der Waals surface area contributed by atoms with Crippen LogP contribution in [0.25, 0.3) is 6.08 Å². The largest absolute Gasteiger partial charge is 0.496 e. The van der Waals surface area contributed by atoms with Gasteiger partial charge in [0.05, 0.1) is 12.7 Å². The number of nitrogens with one attached hydrogen (secondary N) is 1. The van der Waals surface area contributed by atoms with Crippen molar-refractivity contribution in [1.82, 2.24) is 5.32 Å². The molecule has 0 radical (unpaired) electrons. The van der Waals surface area contributed by atoms with Crippen LogP contribution in [0.2, 0.25) is 0 Å². The van der Waals surface area contributed by atoms with Gasteiger partial charge in [0.15, 0.2) is 0 Å². The van der Waals surface area contributed by atoms with Crippen LogP contribution in [-0.4, -0.2) is 18.9 Å². The number of hydrogen-bond acceptors (Lipinski definition) is 3. The summed E-state index contributed by atoms with van der Waals surface area (Å²) >= 11 is 0. The number of nitrogens with zero attached hydrogens (tertiary/aromatic N) is 1. The molecule has 1 aliphatic heterocycles. The molecule has 0 bridgehead atoms. The van der Waals surface area contributed by atoms with Crippen LogP contribution in [0.4, 0.5) is 4.39 Å². The van der Waals surface area contributed by atoms with E-state index in [1.165, 1.54) is 12.1 Å². The number of benzene rings is 2. The zero-order chi connectivity index (χ0) is 15.5. The zero-order valence-corrected chi connectivity index (χ0v) is 11.8. The quantitative estimate of drug-likeness (QED) is 0.885. The van der Waals surface area contributed by atoms with Crippen molar-refractivity contribution in [2.24, 2.45) is 4.99 Å². The SMILES string of the molecule is COc1ccccc1C1=N/C(=C/c2cccc(F)c2)C(=O)N1. The molecule has 2 aromatic rings. The van der Waals surface area contributed by atoms with Crippen LogP contribution < -0.4 is 10.1 Å². The minimum atomic E-state index is -0.360. The molecule has 0 fully saturated rings. The minimum Gasteiger partial charge on any atom is -0.496 e. The van der Waals surface area contributed by atoms with Crippen LogP contribution in [0.3, 0.4) is 0 Å². The summed E-state index contributed by atoms with van der Waals surface area (Å²) in [6.45, 7) is 0. The summed E-state index contributed by atoms with van der Waals surface area (Å²) in [5.74, 6) is 0.352. The van der Waals surface area contributed by atoms with E-state index in [2.05, 4.69) is 10.3 Å². The third kappa shape index (κ3) is 2.74. The Morgan fingerprint density at radius 1 is 1.18 bits per heavy atom. The molecule has 2 aromatic carbocycles. The predicted octanol–water partition coefficient (Wildman–Crippen LogP) is 2.75. The predicted molar refractivity (Wildman–Crippen MR) is 82.1 cm³/mol. The van der Waals surface area contributed by atoms with Gasteiger partial charge in [-0.15, -0.1) is 0 Å². The molecule has 3 rings (SSSR count). The Morgan fingerprint density at radius 2 is 2.00 bits per heavy atom. The van der Waals surface area contributed by atoms with Gasteiger partial charge in [-0.05, 0) is 35.9 Å². The topological polar surface area (TPSA) is 50.7 Å². The van der Waals surface area contributed by atoms with E-state index in [1.54, 1.807) is 31.4 Å². The summed E-state index contributed by atoms with van der Waals surface area (Å²) in [6, 6.07) is 13.3. The molecule has 0 saturated heterocycles. The van der Waals surface area contributed by atoms with Gasteiger partial charge in [-0.1, -0.05) is 24.3 Å². The maximum absolute atomic E-state index is 13.2. The van der Waals surface area contributed by atoms with Gasteiger partial charge in [0, 0.05) is 0 Å². The van der Waals surface area contributed by atoms with E-state index in [0.29, 0.717) is 22.7 Å². The van der Waals surface area contributed by atoms with Gasteiger partial charge >= 0.3 is 0 Å². The highest BCUT2D eigenvalue weighted by molar-refractivity contribution is 6.20. The monoisotopic (exact) mass is 296 g/mol. The smallest absolute Gasteiger partial charge is 0.275 e. The van der Waals surface area contributed by atoms with Gasteiger partial charge < -0.3 is 10.1 Å². The first kappa shape index (κ1) is 14.0. The molecule has 1 heterocycles. The van der Waals surface area contributed by atoms with E-state index in [-0.39, 0.29) is 17.4 Å². The van der Waals surface area contributed by atoms with Crippen LogP contribution in [0.15, 0.2) is 59.2 Å². The fraction of sp³-hybridized carbons (Fsp3) is 0.0588. The second-order valence-corrected chi connectivity index (χ2v) is 4.70. The maximum Gasteiger partial charge on any atom is 0.275 e. The van der Waals surface area contributed by atoms with Gasteiger partial charge in [0.2, 0.25) is 0 Å². The van der Waals surface area contributed by atoms with E-state index in [0.717, 1.165) is 0 Å². The fourth-order valence-electron chi connectivity index (χ4n) is 2.19. The normalized spacial score (nSPS) is 15.6. The molecule has 1 N–H and O–H groups in total. The lowest BCUT2D eigenvalue weighted by atomic mass is 10.2. The maximum atomic E-state index is 13.2. The van der Waals surface area contributed by atoms with Crippen LogP contribution >= 0.6 is 0 Å². The molecule has 1 aliphatic rings. The van der Waals surface area contributed by atoms with Crippen LogP contribution in [-0.2, 0) is 4.79 Å². The lowest BCUT2D eigenvalue weighted by molar-refractivity contribution is -0.115. The number of halogens is 1. The van der Waals surface area contributed by atoms with Crippen LogP contribution in [0.1, 0.15) is 11.1 Å². The standard InChI is InChI=1S/C17H13FN2O2/c1-22-15-8-3-2-7-13(15)16-19-14(17(21)20-16)10-11-5-4-6-12(18)9-11/h2-10H,1H3,(H,19,20,21)/b14-10+. The van der Waals surface area contributed by atoms with E-state index in [1.807, 2.05) is 18.2 Å². The van der Waals surface area contributed by atoms with Crippen LogP contribution in [0.5, 0.6) is 5.75 Å². The molecule has 0 unspecified atom stereocenters. The first-order chi connectivity index (χ1) is 10.7. The number of amidine groups is 1. The number of para-hydroxylation sites is 1. The molecule has 0 aromatic heterocycles. The number of amides is 1. The number of aliphatic imine (C=N–C) groups is 1. The van der Waals surface area contributed by atoms with E-state index in [9.17, 15) is 9.18 Å². The summed E-state index contributed by atoms with van der Waals surface area (Å²) in [6.07, 6.45) is 1.54. The second-order valence-electron chi connectivity index (χ2n) is 4.70. The Hall–Kier alpha value is -2.95. The summed E-state index contributed by atoms with van der Waals surface area (Å²) in [5, 5.41) is 2.70. The van der Waals surface area contributed by atoms with Gasteiger partial charge in [-0.2, -0.15) is 0 Å². The molecule has 4 nitrogen and oxygen atoms in total. The third-order valence-corrected chi connectivity index (χ3v) is 3.21. The molecule has 110 valence electrons. The van der Waals surface area contributed by atoms with Crippen molar-refractivity contribution in [3.05, 3.63) is 71.2 Å². The number of hydrogen-bond donors (Lipinski definition) is 1. The van der Waals surface area contributed by atoms with Crippen molar-refractivity contribution >= 4 is 17.8 Å². The van der Waals surface area contributed by atoms with Gasteiger partial charge in [-0.3, -0.25) is 4.79 Å². The molecule has 0 spiro atoms. The van der Waals surface area contributed by atoms with Crippen molar-refractivity contribution < 1.29 is 13.9 Å².